The Kier molecular flexibility index (Phi) is 5.01. The van der Waals surface area contributed by atoms with Crippen molar-refractivity contribution in [3.8, 4) is 0 Å². The van der Waals surface area contributed by atoms with E-state index in [1.54, 1.807) is 37.1 Å². The van der Waals surface area contributed by atoms with Gasteiger partial charge >= 0.3 is 5.97 Å². The predicted octanol–water partition coefficient (Wildman–Crippen LogP) is 3.10. The Morgan fingerprint density at radius 3 is 2.76 bits per heavy atom. The monoisotopic (exact) mass is 381 g/mol. The van der Waals surface area contributed by atoms with Crippen LogP contribution in [-0.2, 0) is 24.8 Å². The zero-order valence-electron chi connectivity index (χ0n) is 13.9. The van der Waals surface area contributed by atoms with E-state index in [2.05, 4.69) is 5.10 Å². The van der Waals surface area contributed by atoms with Crippen LogP contribution < -0.4 is 0 Å². The lowest BCUT2D eigenvalue weighted by Gasteiger charge is -2.27. The summed E-state index contributed by atoms with van der Waals surface area (Å²) >= 11 is 12.0. The van der Waals surface area contributed by atoms with Crippen LogP contribution >= 0.6 is 23.2 Å². The number of hydrogen-bond acceptors (Lipinski definition) is 4. The summed E-state index contributed by atoms with van der Waals surface area (Å²) < 4.78 is 6.63. The van der Waals surface area contributed by atoms with Crippen LogP contribution in [0.25, 0.3) is 0 Å². The second-order valence-corrected chi connectivity index (χ2v) is 6.56. The molecule has 2 heterocycles. The highest BCUT2D eigenvalue weighted by Gasteiger charge is 2.30. The molecule has 8 heteroatoms. The second kappa shape index (κ2) is 7.06. The first-order valence-corrected chi connectivity index (χ1v) is 8.64. The molecule has 1 aromatic heterocycles. The lowest BCUT2D eigenvalue weighted by atomic mass is 10.0. The minimum absolute atomic E-state index is 0.203. The molecule has 0 bridgehead atoms. The van der Waals surface area contributed by atoms with Crippen LogP contribution in [0.15, 0.2) is 18.2 Å². The molecule has 132 valence electrons. The van der Waals surface area contributed by atoms with Crippen molar-refractivity contribution < 1.29 is 14.3 Å². The van der Waals surface area contributed by atoms with Gasteiger partial charge in [-0.3, -0.25) is 9.48 Å². The minimum atomic E-state index is -0.433. The SMILES string of the molecule is CCOC(=O)c1c2c(nn1C)CCN(C(=O)c1ccc(Cl)cc1Cl)C2. The van der Waals surface area contributed by atoms with E-state index in [9.17, 15) is 9.59 Å². The van der Waals surface area contributed by atoms with Gasteiger partial charge in [-0.15, -0.1) is 0 Å². The summed E-state index contributed by atoms with van der Waals surface area (Å²) in [5.41, 5.74) is 2.31. The summed E-state index contributed by atoms with van der Waals surface area (Å²) in [6, 6.07) is 4.78. The average Bonchev–Trinajstić information content (AvgIpc) is 2.89. The first kappa shape index (κ1) is 17.8. The van der Waals surface area contributed by atoms with E-state index in [4.69, 9.17) is 27.9 Å². The fourth-order valence-electron chi connectivity index (χ4n) is 2.96. The molecule has 1 amide bonds. The van der Waals surface area contributed by atoms with Crippen LogP contribution in [-0.4, -0.2) is 39.7 Å². The van der Waals surface area contributed by atoms with Gasteiger partial charge in [-0.05, 0) is 25.1 Å². The number of aromatic nitrogens is 2. The maximum absolute atomic E-state index is 12.8. The fourth-order valence-corrected chi connectivity index (χ4v) is 3.45. The Bertz CT molecular complexity index is 848. The van der Waals surface area contributed by atoms with Crippen LogP contribution in [0.5, 0.6) is 0 Å². The number of hydrogen-bond donors (Lipinski definition) is 0. The van der Waals surface area contributed by atoms with Crippen LogP contribution in [0, 0.1) is 0 Å². The Labute approximate surface area is 155 Å². The van der Waals surface area contributed by atoms with E-state index in [0.29, 0.717) is 34.3 Å². The van der Waals surface area contributed by atoms with E-state index in [1.165, 1.54) is 4.68 Å². The molecular formula is C17H17Cl2N3O3. The van der Waals surface area contributed by atoms with Crippen molar-refractivity contribution in [1.82, 2.24) is 14.7 Å². The summed E-state index contributed by atoms with van der Waals surface area (Å²) in [6.07, 6.45) is 0.569. The first-order valence-electron chi connectivity index (χ1n) is 7.88. The van der Waals surface area contributed by atoms with Crippen molar-refractivity contribution in [1.29, 1.82) is 0 Å². The molecule has 0 atom stereocenters. The minimum Gasteiger partial charge on any atom is -0.461 e. The number of esters is 1. The van der Waals surface area contributed by atoms with Crippen LogP contribution in [0.2, 0.25) is 10.0 Å². The summed E-state index contributed by atoms with van der Waals surface area (Å²) in [7, 11) is 1.70. The van der Waals surface area contributed by atoms with Gasteiger partial charge in [0.2, 0.25) is 0 Å². The number of amides is 1. The zero-order chi connectivity index (χ0) is 18.1. The molecule has 6 nitrogen and oxygen atoms in total. The van der Waals surface area contributed by atoms with Crippen molar-refractivity contribution in [3.05, 3.63) is 50.8 Å². The van der Waals surface area contributed by atoms with Gasteiger partial charge in [0.05, 0.1) is 29.4 Å². The number of carbonyl (C=O) groups is 2. The number of nitrogens with zero attached hydrogens (tertiary/aromatic N) is 3. The molecule has 3 rings (SSSR count). The lowest BCUT2D eigenvalue weighted by molar-refractivity contribution is 0.0508. The molecule has 2 aromatic rings. The Balaban J connectivity index is 1.90. The van der Waals surface area contributed by atoms with Crippen LogP contribution in [0.4, 0.5) is 0 Å². The Morgan fingerprint density at radius 1 is 1.32 bits per heavy atom. The number of aryl methyl sites for hydroxylation is 1. The maximum atomic E-state index is 12.8. The Hall–Kier alpha value is -2.05. The highest BCUT2D eigenvalue weighted by atomic mass is 35.5. The number of fused-ring (bicyclic) bond motifs is 1. The smallest absolute Gasteiger partial charge is 0.356 e. The second-order valence-electron chi connectivity index (χ2n) is 5.72. The van der Waals surface area contributed by atoms with Crippen LogP contribution in [0.1, 0.15) is 39.0 Å². The number of carbonyl (C=O) groups excluding carboxylic acids is 2. The van der Waals surface area contributed by atoms with E-state index in [-0.39, 0.29) is 19.1 Å². The third-order valence-electron chi connectivity index (χ3n) is 4.11. The molecule has 1 aliphatic rings. The highest BCUT2D eigenvalue weighted by molar-refractivity contribution is 6.36. The fraction of sp³-hybridized carbons (Fsp3) is 0.353. The van der Waals surface area contributed by atoms with E-state index in [1.807, 2.05) is 0 Å². The lowest BCUT2D eigenvalue weighted by Crippen LogP contribution is -2.36. The van der Waals surface area contributed by atoms with Gasteiger partial charge in [0.1, 0.15) is 0 Å². The van der Waals surface area contributed by atoms with Crippen molar-refractivity contribution in [3.63, 3.8) is 0 Å². The number of halogens is 2. The molecule has 0 saturated heterocycles. The Morgan fingerprint density at radius 2 is 2.08 bits per heavy atom. The molecule has 0 unspecified atom stereocenters. The predicted molar refractivity (Wildman–Crippen MR) is 94.1 cm³/mol. The summed E-state index contributed by atoms with van der Waals surface area (Å²) in [6.45, 7) is 2.82. The molecule has 0 saturated carbocycles. The molecule has 0 aliphatic carbocycles. The van der Waals surface area contributed by atoms with E-state index >= 15 is 0 Å². The molecule has 1 aliphatic heterocycles. The van der Waals surface area contributed by atoms with Gasteiger partial charge in [0, 0.05) is 30.6 Å². The average molecular weight is 382 g/mol. The summed E-state index contributed by atoms with van der Waals surface area (Å²) in [5.74, 6) is -0.636. The largest absolute Gasteiger partial charge is 0.461 e. The van der Waals surface area contributed by atoms with Gasteiger partial charge in [0.15, 0.2) is 5.69 Å². The van der Waals surface area contributed by atoms with Gasteiger partial charge < -0.3 is 9.64 Å². The number of benzene rings is 1. The first-order chi connectivity index (χ1) is 11.9. The third-order valence-corrected chi connectivity index (χ3v) is 4.66. The summed E-state index contributed by atoms with van der Waals surface area (Å²) in [4.78, 5) is 26.7. The molecular weight excluding hydrogens is 365 g/mol. The third kappa shape index (κ3) is 3.37. The van der Waals surface area contributed by atoms with Crippen molar-refractivity contribution in [2.75, 3.05) is 13.2 Å². The summed E-state index contributed by atoms with van der Waals surface area (Å²) in [5, 5.41) is 5.16. The number of rotatable bonds is 3. The quantitative estimate of drug-likeness (QED) is 0.766. The molecule has 0 radical (unpaired) electrons. The van der Waals surface area contributed by atoms with Crippen molar-refractivity contribution in [2.45, 2.75) is 19.9 Å². The van der Waals surface area contributed by atoms with E-state index in [0.717, 1.165) is 11.3 Å². The maximum Gasteiger partial charge on any atom is 0.356 e. The normalized spacial score (nSPS) is 13.5. The van der Waals surface area contributed by atoms with Crippen molar-refractivity contribution >= 4 is 35.1 Å². The van der Waals surface area contributed by atoms with Gasteiger partial charge in [-0.1, -0.05) is 23.2 Å². The van der Waals surface area contributed by atoms with Gasteiger partial charge in [-0.25, -0.2) is 4.79 Å². The van der Waals surface area contributed by atoms with Crippen molar-refractivity contribution in [2.24, 2.45) is 7.05 Å². The van der Waals surface area contributed by atoms with E-state index < -0.39 is 5.97 Å². The van der Waals surface area contributed by atoms with Gasteiger partial charge in [0.25, 0.3) is 5.91 Å². The van der Waals surface area contributed by atoms with Crippen LogP contribution in [0.3, 0.4) is 0 Å². The highest BCUT2D eigenvalue weighted by Crippen LogP contribution is 2.27. The molecule has 25 heavy (non-hydrogen) atoms. The zero-order valence-corrected chi connectivity index (χ0v) is 15.4. The number of ether oxygens (including phenoxy) is 1. The molecule has 0 spiro atoms. The standard InChI is InChI=1S/C17H17Cl2N3O3/c1-3-25-17(24)15-12-9-22(7-6-14(12)20-21(15)2)16(23)11-5-4-10(18)8-13(11)19/h4-5,8H,3,6-7,9H2,1-2H3. The molecule has 0 N–H and O–H groups in total. The van der Waals surface area contributed by atoms with Gasteiger partial charge in [-0.2, -0.15) is 5.10 Å². The molecule has 1 aromatic carbocycles. The topological polar surface area (TPSA) is 64.4 Å². The molecule has 0 fully saturated rings.